The molecule has 0 spiro atoms. The average Bonchev–Trinajstić information content (AvgIpc) is 3.79. The van der Waals surface area contributed by atoms with Gasteiger partial charge in [0.15, 0.2) is 0 Å². The molecule has 48 heavy (non-hydrogen) atoms. The summed E-state index contributed by atoms with van der Waals surface area (Å²) < 4.78 is 26.2. The molecular weight excluding hydrogens is 605 g/mol. The third-order valence-electron chi connectivity index (χ3n) is 8.90. The van der Waals surface area contributed by atoms with E-state index < -0.39 is 5.54 Å². The summed E-state index contributed by atoms with van der Waals surface area (Å²) in [6.45, 7) is 4.30. The molecule has 0 atom stereocenters. The van der Waals surface area contributed by atoms with Crippen LogP contribution in [-0.2, 0) is 12.1 Å². The maximum atomic E-state index is 14.1. The predicted molar refractivity (Wildman–Crippen MR) is 183 cm³/mol. The summed E-state index contributed by atoms with van der Waals surface area (Å²) in [5, 5.41) is 6.56. The maximum Gasteiger partial charge on any atom is 0.255 e. The number of nitrogens with zero attached hydrogens (tertiary/aromatic N) is 1. The molecule has 0 bridgehead atoms. The minimum atomic E-state index is -0.521. The molecule has 7 rings (SSSR count). The molecule has 1 saturated carbocycles. The highest BCUT2D eigenvalue weighted by atomic mass is 19.1. The van der Waals surface area contributed by atoms with Gasteiger partial charge in [-0.15, -0.1) is 0 Å². The van der Waals surface area contributed by atoms with Crippen molar-refractivity contribution in [2.75, 3.05) is 7.05 Å². The molecule has 1 aliphatic carbocycles. The van der Waals surface area contributed by atoms with E-state index in [1.54, 1.807) is 25.4 Å². The number of carbonyl (C=O) groups excluding carboxylic acids is 2. The molecule has 2 N–H and O–H groups in total. The highest BCUT2D eigenvalue weighted by Crippen LogP contribution is 2.45. The zero-order valence-corrected chi connectivity index (χ0v) is 26.9. The van der Waals surface area contributed by atoms with Crippen LogP contribution < -0.4 is 15.4 Å². The molecule has 0 aliphatic heterocycles. The fraction of sp³-hybridized carbons (Fsp3) is 0.175. The molecule has 2 amide bonds. The highest BCUT2D eigenvalue weighted by Gasteiger charge is 2.47. The molecule has 7 nitrogen and oxygen atoms in total. The lowest BCUT2D eigenvalue weighted by atomic mass is 9.94. The molecule has 2 aromatic heterocycles. The summed E-state index contributed by atoms with van der Waals surface area (Å²) in [5.74, 6) is -0.145. The second-order valence-electron chi connectivity index (χ2n) is 12.3. The van der Waals surface area contributed by atoms with Crippen LogP contribution in [-0.4, -0.2) is 23.8 Å². The van der Waals surface area contributed by atoms with Crippen molar-refractivity contribution in [3.63, 3.8) is 0 Å². The minimum Gasteiger partial charge on any atom is -0.488 e. The highest BCUT2D eigenvalue weighted by molar-refractivity contribution is 6.12. The Morgan fingerprint density at radius 3 is 2.33 bits per heavy atom. The van der Waals surface area contributed by atoms with Gasteiger partial charge >= 0.3 is 0 Å². The normalized spacial score (nSPS) is 13.2. The second kappa shape index (κ2) is 12.4. The third kappa shape index (κ3) is 5.93. The van der Waals surface area contributed by atoms with E-state index in [9.17, 15) is 14.0 Å². The maximum absolute atomic E-state index is 14.1. The third-order valence-corrected chi connectivity index (χ3v) is 8.90. The molecular formula is C40H34FN3O4. The first-order valence-corrected chi connectivity index (χ1v) is 15.9. The Morgan fingerprint density at radius 2 is 1.65 bits per heavy atom. The Kier molecular flexibility index (Phi) is 8.01. The van der Waals surface area contributed by atoms with E-state index in [1.807, 2.05) is 86.6 Å². The number of halogens is 1. The monoisotopic (exact) mass is 639 g/mol. The number of hydrogen-bond donors (Lipinski definition) is 2. The molecule has 0 unspecified atom stereocenters. The van der Waals surface area contributed by atoms with Crippen molar-refractivity contribution in [1.29, 1.82) is 0 Å². The van der Waals surface area contributed by atoms with Gasteiger partial charge in [-0.1, -0.05) is 42.0 Å². The largest absolute Gasteiger partial charge is 0.488 e. The van der Waals surface area contributed by atoms with Crippen LogP contribution in [0.5, 0.6) is 5.75 Å². The van der Waals surface area contributed by atoms with Crippen molar-refractivity contribution in [3.8, 4) is 28.2 Å². The summed E-state index contributed by atoms with van der Waals surface area (Å²) >= 11 is 0. The summed E-state index contributed by atoms with van der Waals surface area (Å²) in [7, 11) is 1.56. The van der Waals surface area contributed by atoms with Crippen LogP contribution in [0, 0.1) is 19.7 Å². The number of aryl methyl sites for hydroxylation is 2. The lowest BCUT2D eigenvalue weighted by molar-refractivity contribution is 0.0923. The van der Waals surface area contributed by atoms with E-state index in [0.29, 0.717) is 45.8 Å². The quantitative estimate of drug-likeness (QED) is 0.166. The lowest BCUT2D eigenvalue weighted by Gasteiger charge is -2.20. The molecule has 2 heterocycles. The second-order valence-corrected chi connectivity index (χ2v) is 12.3. The van der Waals surface area contributed by atoms with Gasteiger partial charge < -0.3 is 19.8 Å². The zero-order chi connectivity index (χ0) is 33.4. The molecule has 4 aromatic carbocycles. The first-order chi connectivity index (χ1) is 23.2. The number of ether oxygens (including phenoxy) is 1. The first kappa shape index (κ1) is 30.9. The number of amides is 2. The average molecular weight is 640 g/mol. The van der Waals surface area contributed by atoms with E-state index in [1.165, 1.54) is 12.1 Å². The van der Waals surface area contributed by atoms with Crippen LogP contribution in [0.25, 0.3) is 33.4 Å². The molecule has 0 radical (unpaired) electrons. The number of fused-ring (bicyclic) bond motifs is 1. The Balaban J connectivity index is 1.31. The Hall–Kier alpha value is -5.76. The lowest BCUT2D eigenvalue weighted by Crippen LogP contribution is -2.35. The van der Waals surface area contributed by atoms with Crippen molar-refractivity contribution in [1.82, 2.24) is 15.6 Å². The van der Waals surface area contributed by atoms with Gasteiger partial charge in [0.1, 0.15) is 29.5 Å². The Morgan fingerprint density at radius 1 is 0.896 bits per heavy atom. The van der Waals surface area contributed by atoms with Gasteiger partial charge in [-0.2, -0.15) is 0 Å². The predicted octanol–water partition coefficient (Wildman–Crippen LogP) is 8.28. The van der Waals surface area contributed by atoms with Crippen LogP contribution in [0.15, 0.2) is 108 Å². The van der Waals surface area contributed by atoms with Crippen LogP contribution >= 0.6 is 0 Å². The number of aromatic nitrogens is 1. The summed E-state index contributed by atoms with van der Waals surface area (Å²) in [6.07, 6.45) is 3.33. The number of furan rings is 1. The van der Waals surface area contributed by atoms with Crippen molar-refractivity contribution in [3.05, 3.63) is 143 Å². The van der Waals surface area contributed by atoms with E-state index >= 15 is 0 Å². The van der Waals surface area contributed by atoms with E-state index in [2.05, 4.69) is 15.6 Å². The zero-order valence-electron chi connectivity index (χ0n) is 26.9. The topological polar surface area (TPSA) is 93.5 Å². The van der Waals surface area contributed by atoms with E-state index in [0.717, 1.165) is 46.4 Å². The van der Waals surface area contributed by atoms with Gasteiger partial charge in [0.25, 0.3) is 11.8 Å². The first-order valence-electron chi connectivity index (χ1n) is 15.9. The number of nitrogens with one attached hydrogen (secondary N) is 2. The molecule has 8 heteroatoms. The molecule has 1 fully saturated rings. The van der Waals surface area contributed by atoms with Crippen molar-refractivity contribution >= 4 is 22.8 Å². The van der Waals surface area contributed by atoms with Gasteiger partial charge in [-0.05, 0) is 110 Å². The smallest absolute Gasteiger partial charge is 0.255 e. The molecule has 240 valence electrons. The van der Waals surface area contributed by atoms with Gasteiger partial charge in [0.05, 0.1) is 22.4 Å². The number of benzene rings is 4. The number of carbonyl (C=O) groups is 2. The van der Waals surface area contributed by atoms with Crippen LogP contribution in [0.4, 0.5) is 4.39 Å². The Labute approximate surface area is 277 Å². The van der Waals surface area contributed by atoms with Crippen LogP contribution in [0.3, 0.4) is 0 Å². The fourth-order valence-corrected chi connectivity index (χ4v) is 6.06. The molecule has 0 saturated heterocycles. The minimum absolute atomic E-state index is 0.257. The van der Waals surface area contributed by atoms with Crippen molar-refractivity contribution < 1.29 is 23.1 Å². The standard InChI is InChI=1S/C40H34FN3O4/c1-24-7-9-26(10-8-24)23-47-34-20-25(2)30(22-32(34)38(45)44-40(17-18-40)35-6-4-5-19-43-35)28-13-16-33-31(21-28)36(39(46)42-3)37(48-33)27-11-14-29(41)15-12-27/h4-16,19-22H,17-18,23H2,1-3H3,(H,42,46)(H,44,45). The summed E-state index contributed by atoms with van der Waals surface area (Å²) in [4.78, 5) is 31.8. The van der Waals surface area contributed by atoms with Crippen LogP contribution in [0.1, 0.15) is 55.9 Å². The van der Waals surface area contributed by atoms with Crippen molar-refractivity contribution in [2.45, 2.75) is 38.8 Å². The van der Waals surface area contributed by atoms with Gasteiger partial charge in [0.2, 0.25) is 0 Å². The van der Waals surface area contributed by atoms with E-state index in [-0.39, 0.29) is 17.6 Å². The Bertz CT molecular complexity index is 2150. The van der Waals surface area contributed by atoms with Crippen LogP contribution in [0.2, 0.25) is 0 Å². The summed E-state index contributed by atoms with van der Waals surface area (Å²) in [6, 6.07) is 29.0. The summed E-state index contributed by atoms with van der Waals surface area (Å²) in [5.41, 5.74) is 6.78. The van der Waals surface area contributed by atoms with E-state index in [4.69, 9.17) is 9.15 Å². The fourth-order valence-electron chi connectivity index (χ4n) is 6.06. The van der Waals surface area contributed by atoms with Crippen molar-refractivity contribution in [2.24, 2.45) is 0 Å². The molecule has 1 aliphatic rings. The van der Waals surface area contributed by atoms with Gasteiger partial charge in [-0.3, -0.25) is 14.6 Å². The number of hydrogen-bond acceptors (Lipinski definition) is 5. The number of pyridine rings is 1. The van der Waals surface area contributed by atoms with Gasteiger partial charge in [0, 0.05) is 24.2 Å². The molecule has 6 aromatic rings. The SMILES string of the molecule is CNC(=O)c1c(-c2ccc(F)cc2)oc2ccc(-c3cc(C(=O)NC4(c5ccccn5)CC4)c(OCc4ccc(C)cc4)cc3C)cc12. The number of rotatable bonds is 9. The van der Waals surface area contributed by atoms with Gasteiger partial charge in [-0.25, -0.2) is 4.39 Å².